The lowest BCUT2D eigenvalue weighted by molar-refractivity contribution is 0.866. The van der Waals surface area contributed by atoms with Gasteiger partial charge in [-0.05, 0) is 46.0 Å². The minimum absolute atomic E-state index is 0.539. The Morgan fingerprint density at radius 3 is 2.62 bits per heavy atom. The Labute approximate surface area is 104 Å². The molecular formula is C13H15BrN2. The van der Waals surface area contributed by atoms with Crippen molar-refractivity contribution < 1.29 is 0 Å². The van der Waals surface area contributed by atoms with Gasteiger partial charge in [-0.3, -0.25) is 0 Å². The quantitative estimate of drug-likeness (QED) is 0.873. The summed E-state index contributed by atoms with van der Waals surface area (Å²) in [5.41, 5.74) is 4.77. The highest BCUT2D eigenvalue weighted by Crippen LogP contribution is 2.30. The predicted octanol–water partition coefficient (Wildman–Crippen LogP) is 4.27. The third kappa shape index (κ3) is 2.05. The number of rotatable bonds is 2. The van der Waals surface area contributed by atoms with Gasteiger partial charge < -0.3 is 4.98 Å². The van der Waals surface area contributed by atoms with Crippen molar-refractivity contribution in [1.82, 2.24) is 9.97 Å². The maximum Gasteiger partial charge on any atom is 0.110 e. The molecule has 1 aromatic heterocycles. The first-order valence-corrected chi connectivity index (χ1v) is 6.18. The lowest BCUT2D eigenvalue weighted by Crippen LogP contribution is -1.91. The number of halogens is 1. The Balaban J connectivity index is 2.56. The maximum atomic E-state index is 4.34. The van der Waals surface area contributed by atoms with E-state index in [0.29, 0.717) is 5.92 Å². The summed E-state index contributed by atoms with van der Waals surface area (Å²) in [6.45, 7) is 6.52. The fourth-order valence-electron chi connectivity index (χ4n) is 1.72. The lowest BCUT2D eigenvalue weighted by atomic mass is 9.97. The highest BCUT2D eigenvalue weighted by Gasteiger charge is 2.10. The van der Waals surface area contributed by atoms with Crippen molar-refractivity contribution in [1.29, 1.82) is 0 Å². The van der Waals surface area contributed by atoms with Gasteiger partial charge in [-0.2, -0.15) is 0 Å². The summed E-state index contributed by atoms with van der Waals surface area (Å²) < 4.78 is 0.941. The summed E-state index contributed by atoms with van der Waals surface area (Å²) in [6.07, 6.45) is 1.71. The SMILES string of the molecule is Cc1ccc(C(C)C)cc1-c1nc[nH]c1Br. The summed E-state index contributed by atoms with van der Waals surface area (Å²) in [5.74, 6) is 0.539. The molecule has 0 fully saturated rings. The molecule has 0 saturated carbocycles. The van der Waals surface area contributed by atoms with E-state index in [1.807, 2.05) is 0 Å². The minimum atomic E-state index is 0.539. The van der Waals surface area contributed by atoms with Crippen LogP contribution in [0.15, 0.2) is 29.1 Å². The molecule has 2 aromatic rings. The van der Waals surface area contributed by atoms with E-state index in [0.717, 1.165) is 10.3 Å². The zero-order chi connectivity index (χ0) is 11.7. The number of nitrogens with zero attached hydrogens (tertiary/aromatic N) is 1. The number of aryl methyl sites for hydroxylation is 1. The van der Waals surface area contributed by atoms with E-state index in [9.17, 15) is 0 Å². The van der Waals surface area contributed by atoms with Gasteiger partial charge in [-0.15, -0.1) is 0 Å². The van der Waals surface area contributed by atoms with E-state index >= 15 is 0 Å². The molecular weight excluding hydrogens is 264 g/mol. The molecule has 0 atom stereocenters. The fraction of sp³-hybridized carbons (Fsp3) is 0.308. The molecule has 1 heterocycles. The number of benzene rings is 1. The van der Waals surface area contributed by atoms with Crippen LogP contribution < -0.4 is 0 Å². The Morgan fingerprint density at radius 1 is 1.31 bits per heavy atom. The van der Waals surface area contributed by atoms with Crippen LogP contribution in [-0.2, 0) is 0 Å². The minimum Gasteiger partial charge on any atom is -0.339 e. The van der Waals surface area contributed by atoms with Crippen LogP contribution in [-0.4, -0.2) is 9.97 Å². The van der Waals surface area contributed by atoms with Crippen LogP contribution in [0.25, 0.3) is 11.3 Å². The van der Waals surface area contributed by atoms with Crippen LogP contribution in [0.2, 0.25) is 0 Å². The molecule has 2 nitrogen and oxygen atoms in total. The van der Waals surface area contributed by atoms with Gasteiger partial charge in [0, 0.05) is 5.56 Å². The van der Waals surface area contributed by atoms with Crippen LogP contribution >= 0.6 is 15.9 Å². The molecule has 0 bridgehead atoms. The molecule has 1 aromatic carbocycles. The molecule has 0 unspecified atom stereocenters. The molecule has 84 valence electrons. The van der Waals surface area contributed by atoms with Gasteiger partial charge >= 0.3 is 0 Å². The zero-order valence-electron chi connectivity index (χ0n) is 9.71. The van der Waals surface area contributed by atoms with Crippen molar-refractivity contribution in [2.75, 3.05) is 0 Å². The summed E-state index contributed by atoms with van der Waals surface area (Å²) in [4.78, 5) is 7.39. The summed E-state index contributed by atoms with van der Waals surface area (Å²) in [5, 5.41) is 0. The van der Waals surface area contributed by atoms with Crippen LogP contribution in [0, 0.1) is 6.92 Å². The smallest absolute Gasteiger partial charge is 0.110 e. The number of H-pyrrole nitrogens is 1. The second-order valence-electron chi connectivity index (χ2n) is 4.29. The molecule has 0 amide bonds. The first-order valence-electron chi connectivity index (χ1n) is 5.39. The van der Waals surface area contributed by atoms with Gasteiger partial charge in [-0.25, -0.2) is 4.98 Å². The van der Waals surface area contributed by atoms with Gasteiger partial charge in [0.2, 0.25) is 0 Å². The summed E-state index contributed by atoms with van der Waals surface area (Å²) in [7, 11) is 0. The second-order valence-corrected chi connectivity index (χ2v) is 5.09. The Bertz CT molecular complexity index is 500. The first-order chi connectivity index (χ1) is 7.59. The predicted molar refractivity (Wildman–Crippen MR) is 70.5 cm³/mol. The molecule has 3 heteroatoms. The maximum absolute atomic E-state index is 4.34. The molecule has 0 radical (unpaired) electrons. The largest absolute Gasteiger partial charge is 0.339 e. The third-order valence-corrected chi connectivity index (χ3v) is 3.38. The van der Waals surface area contributed by atoms with E-state index in [2.05, 4.69) is 64.9 Å². The highest BCUT2D eigenvalue weighted by atomic mass is 79.9. The van der Waals surface area contributed by atoms with Crippen molar-refractivity contribution in [2.45, 2.75) is 26.7 Å². The molecule has 0 spiro atoms. The van der Waals surface area contributed by atoms with Gasteiger partial charge in [0.1, 0.15) is 10.3 Å². The summed E-state index contributed by atoms with van der Waals surface area (Å²) >= 11 is 3.48. The van der Waals surface area contributed by atoms with Crippen molar-refractivity contribution >= 4 is 15.9 Å². The Morgan fingerprint density at radius 2 is 2.06 bits per heavy atom. The van der Waals surface area contributed by atoms with Crippen molar-refractivity contribution in [2.24, 2.45) is 0 Å². The normalized spacial score (nSPS) is 11.1. The standard InChI is InChI=1S/C13H15BrN2/c1-8(2)10-5-4-9(3)11(6-10)12-13(14)16-7-15-12/h4-8H,1-3H3,(H,15,16). The second kappa shape index (κ2) is 4.42. The van der Waals surface area contributed by atoms with Gasteiger partial charge in [0.15, 0.2) is 0 Å². The monoisotopic (exact) mass is 278 g/mol. The number of nitrogens with one attached hydrogen (secondary N) is 1. The highest BCUT2D eigenvalue weighted by molar-refractivity contribution is 9.10. The number of imidazole rings is 1. The molecule has 0 aliphatic carbocycles. The zero-order valence-corrected chi connectivity index (χ0v) is 11.3. The molecule has 0 aliphatic rings. The lowest BCUT2D eigenvalue weighted by Gasteiger charge is -2.10. The van der Waals surface area contributed by atoms with Crippen LogP contribution in [0.3, 0.4) is 0 Å². The Kier molecular flexibility index (Phi) is 3.15. The average molecular weight is 279 g/mol. The number of hydrogen-bond acceptors (Lipinski definition) is 1. The van der Waals surface area contributed by atoms with E-state index in [1.54, 1.807) is 6.33 Å². The Hall–Kier alpha value is -1.09. The number of aromatic amines is 1. The van der Waals surface area contributed by atoms with Crippen molar-refractivity contribution in [3.63, 3.8) is 0 Å². The van der Waals surface area contributed by atoms with E-state index in [4.69, 9.17) is 0 Å². The van der Waals surface area contributed by atoms with E-state index in [-0.39, 0.29) is 0 Å². The molecule has 0 aliphatic heterocycles. The van der Waals surface area contributed by atoms with Crippen molar-refractivity contribution in [3.05, 3.63) is 40.3 Å². The molecule has 16 heavy (non-hydrogen) atoms. The van der Waals surface area contributed by atoms with Crippen molar-refractivity contribution in [3.8, 4) is 11.3 Å². The van der Waals surface area contributed by atoms with E-state index < -0.39 is 0 Å². The fourth-order valence-corrected chi connectivity index (χ4v) is 2.14. The third-order valence-electron chi connectivity index (χ3n) is 2.78. The van der Waals surface area contributed by atoms with Gasteiger partial charge in [0.25, 0.3) is 0 Å². The number of hydrogen-bond donors (Lipinski definition) is 1. The van der Waals surface area contributed by atoms with E-state index in [1.165, 1.54) is 16.7 Å². The average Bonchev–Trinajstić information content (AvgIpc) is 2.65. The first kappa shape index (κ1) is 11.4. The molecule has 0 saturated heterocycles. The van der Waals surface area contributed by atoms with Gasteiger partial charge in [-0.1, -0.05) is 26.0 Å². The van der Waals surface area contributed by atoms with Crippen LogP contribution in [0.5, 0.6) is 0 Å². The number of aromatic nitrogens is 2. The van der Waals surface area contributed by atoms with Crippen LogP contribution in [0.1, 0.15) is 30.9 Å². The van der Waals surface area contributed by atoms with Gasteiger partial charge in [0.05, 0.1) is 6.33 Å². The topological polar surface area (TPSA) is 28.7 Å². The van der Waals surface area contributed by atoms with Crippen LogP contribution in [0.4, 0.5) is 0 Å². The summed E-state index contributed by atoms with van der Waals surface area (Å²) in [6, 6.07) is 6.57. The molecule has 1 N–H and O–H groups in total. The molecule has 2 rings (SSSR count).